The minimum atomic E-state index is -0.0569. The number of aliphatic hydroxyl groups excluding tert-OH is 1. The van der Waals surface area contributed by atoms with Crippen molar-refractivity contribution < 1.29 is 14.3 Å². The topological polar surface area (TPSA) is 108 Å². The lowest BCUT2D eigenvalue weighted by atomic mass is 9.93. The maximum Gasteiger partial charge on any atom is 0.237 e. The number of nitrogens with one attached hydrogen (secondary N) is 1. The molecule has 0 saturated carbocycles. The number of aromatic nitrogens is 3. The summed E-state index contributed by atoms with van der Waals surface area (Å²) in [5.74, 6) is 2.05. The number of nitrogens with zero attached hydrogens (tertiary/aromatic N) is 5. The average Bonchev–Trinajstić information content (AvgIpc) is 3.54. The first-order chi connectivity index (χ1) is 19.8. The number of anilines is 2. The fourth-order valence-corrected chi connectivity index (χ4v) is 5.34. The number of likely N-dealkylation sites (N-methyl/N-ethyl adjacent to an activating group) is 1. The van der Waals surface area contributed by atoms with E-state index in [-0.39, 0.29) is 12.5 Å². The Kier molecular flexibility index (Phi) is 6.98. The molecule has 6 rings (SSSR count). The Bertz CT molecular complexity index is 1750. The molecule has 0 radical (unpaired) electrons. The first kappa shape index (κ1) is 26.6. The Labute approximate surface area is 238 Å². The van der Waals surface area contributed by atoms with Crippen molar-refractivity contribution in [2.75, 3.05) is 26.0 Å². The van der Waals surface area contributed by atoms with Gasteiger partial charge in [-0.25, -0.2) is 9.97 Å². The fraction of sp³-hybridized carbons (Fsp3) is 0.250. The lowest BCUT2D eigenvalue weighted by Gasteiger charge is -2.18. The molecule has 1 aliphatic heterocycles. The highest BCUT2D eigenvalue weighted by Gasteiger charge is 2.29. The summed E-state index contributed by atoms with van der Waals surface area (Å²) in [5.41, 5.74) is 8.49. The van der Waals surface area contributed by atoms with Crippen LogP contribution in [0.4, 0.5) is 11.5 Å². The Morgan fingerprint density at radius 2 is 1.78 bits per heavy atom. The lowest BCUT2D eigenvalue weighted by molar-refractivity contribution is -0.132. The van der Waals surface area contributed by atoms with Crippen LogP contribution in [0.3, 0.4) is 0 Å². The average molecular weight is 549 g/mol. The van der Waals surface area contributed by atoms with E-state index in [2.05, 4.69) is 41.3 Å². The molecule has 1 amide bonds. The predicted molar refractivity (Wildman–Crippen MR) is 158 cm³/mol. The number of oxazole rings is 1. The standard InChI is InChI=1S/C32H32N6O3/c1-19-23(7-5-9-25(19)32-36-27-15-38(16-28(27)41-32)29(40)17-37(3)4)24-8-6-10-26(20(24)2)35-31-30-22(11-12-33-31)13-21(18-39)14-34-30/h5-14,39H,15-18H2,1-4H3,(H,33,35). The summed E-state index contributed by atoms with van der Waals surface area (Å²) in [4.78, 5) is 30.0. The van der Waals surface area contributed by atoms with Crippen LogP contribution in [0, 0.1) is 13.8 Å². The molecule has 9 heteroatoms. The van der Waals surface area contributed by atoms with Gasteiger partial charge in [0.2, 0.25) is 11.8 Å². The molecule has 3 aromatic heterocycles. The van der Waals surface area contributed by atoms with Gasteiger partial charge in [-0.05, 0) is 80.0 Å². The van der Waals surface area contributed by atoms with E-state index in [1.807, 2.05) is 55.4 Å². The summed E-state index contributed by atoms with van der Waals surface area (Å²) in [6, 6.07) is 16.1. The van der Waals surface area contributed by atoms with Crippen LogP contribution in [0.25, 0.3) is 33.5 Å². The number of carbonyl (C=O) groups excluding carboxylic acids is 1. The molecule has 0 spiro atoms. The summed E-state index contributed by atoms with van der Waals surface area (Å²) >= 11 is 0. The van der Waals surface area contributed by atoms with Gasteiger partial charge in [0.05, 0.1) is 26.2 Å². The summed E-state index contributed by atoms with van der Waals surface area (Å²) in [7, 11) is 3.77. The minimum Gasteiger partial charge on any atom is -0.439 e. The molecular formula is C32H32N6O3. The number of fused-ring (bicyclic) bond motifs is 2. The number of aliphatic hydroxyl groups is 1. The number of amides is 1. The highest BCUT2D eigenvalue weighted by molar-refractivity contribution is 5.91. The van der Waals surface area contributed by atoms with Gasteiger partial charge in [-0.3, -0.25) is 9.78 Å². The third-order valence-electron chi connectivity index (χ3n) is 7.54. The van der Waals surface area contributed by atoms with Crippen molar-refractivity contribution >= 4 is 28.3 Å². The molecule has 9 nitrogen and oxygen atoms in total. The van der Waals surface area contributed by atoms with Gasteiger partial charge in [-0.15, -0.1) is 0 Å². The van der Waals surface area contributed by atoms with E-state index in [1.165, 1.54) is 0 Å². The summed E-state index contributed by atoms with van der Waals surface area (Å²) < 4.78 is 6.20. The molecular weight excluding hydrogens is 516 g/mol. The molecule has 0 fully saturated rings. The maximum absolute atomic E-state index is 12.5. The number of hydrogen-bond donors (Lipinski definition) is 2. The number of carbonyl (C=O) groups is 1. The summed E-state index contributed by atoms with van der Waals surface area (Å²) in [6.07, 6.45) is 3.41. The molecule has 0 atom stereocenters. The quantitative estimate of drug-likeness (QED) is 0.286. The van der Waals surface area contributed by atoms with Crippen molar-refractivity contribution in [2.45, 2.75) is 33.5 Å². The van der Waals surface area contributed by atoms with Gasteiger partial charge >= 0.3 is 0 Å². The van der Waals surface area contributed by atoms with E-state index >= 15 is 0 Å². The van der Waals surface area contributed by atoms with Crippen molar-refractivity contribution in [1.29, 1.82) is 0 Å². The van der Waals surface area contributed by atoms with Gasteiger partial charge in [0.15, 0.2) is 5.82 Å². The van der Waals surface area contributed by atoms with Gasteiger partial charge in [0.1, 0.15) is 17.0 Å². The molecule has 5 aromatic rings. The number of pyridine rings is 2. The molecule has 0 aliphatic carbocycles. The molecule has 1 aliphatic rings. The Hall–Kier alpha value is -4.60. The van der Waals surface area contributed by atoms with Crippen molar-refractivity contribution in [3.8, 4) is 22.6 Å². The van der Waals surface area contributed by atoms with Crippen molar-refractivity contribution in [3.05, 3.63) is 89.1 Å². The van der Waals surface area contributed by atoms with Crippen LogP contribution in [-0.4, -0.2) is 56.4 Å². The van der Waals surface area contributed by atoms with Crippen LogP contribution in [0.15, 0.2) is 65.3 Å². The molecule has 208 valence electrons. The van der Waals surface area contributed by atoms with Crippen LogP contribution in [-0.2, 0) is 24.5 Å². The molecule has 0 saturated heterocycles. The highest BCUT2D eigenvalue weighted by atomic mass is 16.4. The second-order valence-corrected chi connectivity index (χ2v) is 10.7. The van der Waals surface area contributed by atoms with Crippen LogP contribution in [0.2, 0.25) is 0 Å². The monoisotopic (exact) mass is 548 g/mol. The van der Waals surface area contributed by atoms with Gasteiger partial charge < -0.3 is 24.6 Å². The molecule has 0 bridgehead atoms. The van der Waals surface area contributed by atoms with Gasteiger partial charge in [0, 0.05) is 29.0 Å². The van der Waals surface area contributed by atoms with E-state index in [9.17, 15) is 9.90 Å². The van der Waals surface area contributed by atoms with E-state index in [0.29, 0.717) is 31.3 Å². The zero-order valence-electron chi connectivity index (χ0n) is 23.6. The normalized spacial score (nSPS) is 12.8. The van der Waals surface area contributed by atoms with E-state index in [1.54, 1.807) is 17.3 Å². The van der Waals surface area contributed by atoms with Crippen LogP contribution >= 0.6 is 0 Å². The third-order valence-corrected chi connectivity index (χ3v) is 7.54. The zero-order valence-corrected chi connectivity index (χ0v) is 23.6. The SMILES string of the molecule is Cc1c(Nc2nccc3cc(CO)cnc23)cccc1-c1cccc(-c2nc3c(o2)CN(C(=O)CN(C)C)C3)c1C. The Morgan fingerprint density at radius 3 is 2.54 bits per heavy atom. The third kappa shape index (κ3) is 5.05. The fourth-order valence-electron chi connectivity index (χ4n) is 5.34. The minimum absolute atomic E-state index is 0.0569. The number of rotatable bonds is 7. The smallest absolute Gasteiger partial charge is 0.237 e. The van der Waals surface area contributed by atoms with Crippen molar-refractivity contribution in [3.63, 3.8) is 0 Å². The van der Waals surface area contributed by atoms with E-state index < -0.39 is 0 Å². The largest absolute Gasteiger partial charge is 0.439 e. The van der Waals surface area contributed by atoms with Gasteiger partial charge in [-0.2, -0.15) is 0 Å². The number of hydrogen-bond acceptors (Lipinski definition) is 8. The Morgan fingerprint density at radius 1 is 1.02 bits per heavy atom. The molecule has 0 unspecified atom stereocenters. The first-order valence-corrected chi connectivity index (χ1v) is 13.5. The summed E-state index contributed by atoms with van der Waals surface area (Å²) in [6.45, 7) is 5.39. The van der Waals surface area contributed by atoms with E-state index in [0.717, 1.165) is 61.4 Å². The van der Waals surface area contributed by atoms with Gasteiger partial charge in [-0.1, -0.05) is 24.3 Å². The Balaban J connectivity index is 1.29. The van der Waals surface area contributed by atoms with Crippen LogP contribution in [0.1, 0.15) is 28.1 Å². The van der Waals surface area contributed by atoms with Gasteiger partial charge in [0.25, 0.3) is 0 Å². The second kappa shape index (κ2) is 10.8. The molecule has 2 aromatic carbocycles. The highest BCUT2D eigenvalue weighted by Crippen LogP contribution is 2.37. The maximum atomic E-state index is 12.5. The van der Waals surface area contributed by atoms with Crippen LogP contribution < -0.4 is 5.32 Å². The second-order valence-electron chi connectivity index (χ2n) is 10.7. The molecule has 4 heterocycles. The van der Waals surface area contributed by atoms with Crippen molar-refractivity contribution in [2.24, 2.45) is 0 Å². The summed E-state index contributed by atoms with van der Waals surface area (Å²) in [5, 5.41) is 13.9. The first-order valence-electron chi connectivity index (χ1n) is 13.5. The predicted octanol–water partition coefficient (Wildman–Crippen LogP) is 5.21. The van der Waals surface area contributed by atoms with Crippen molar-refractivity contribution in [1.82, 2.24) is 24.8 Å². The number of benzene rings is 2. The lowest BCUT2D eigenvalue weighted by Crippen LogP contribution is -2.34. The van der Waals surface area contributed by atoms with E-state index in [4.69, 9.17) is 9.40 Å². The molecule has 41 heavy (non-hydrogen) atoms. The zero-order chi connectivity index (χ0) is 28.7. The molecule has 2 N–H and O–H groups in total. The van der Waals surface area contributed by atoms with Crippen LogP contribution in [0.5, 0.6) is 0 Å².